The Balaban J connectivity index is 1.75. The number of carbonyl (C=O) groups excluding carboxylic acids is 2. The van der Waals surface area contributed by atoms with Gasteiger partial charge in [0.2, 0.25) is 0 Å². The van der Waals surface area contributed by atoms with Gasteiger partial charge in [0.25, 0.3) is 5.91 Å². The number of urea groups is 1. The van der Waals surface area contributed by atoms with Crippen LogP contribution in [0.2, 0.25) is 0 Å². The predicted octanol–water partition coefficient (Wildman–Crippen LogP) is 4.00. The molecule has 0 aliphatic carbocycles. The lowest BCUT2D eigenvalue weighted by Gasteiger charge is -2.12. The lowest BCUT2D eigenvalue weighted by atomic mass is 10.1. The maximum absolute atomic E-state index is 13.6. The molecule has 0 aliphatic heterocycles. The number of nitrogens with zero attached hydrogens (tertiary/aromatic N) is 1. The van der Waals surface area contributed by atoms with E-state index < -0.39 is 29.1 Å². The van der Waals surface area contributed by atoms with Gasteiger partial charge in [0, 0.05) is 23.5 Å². The van der Waals surface area contributed by atoms with Gasteiger partial charge < -0.3 is 10.1 Å². The number of hydrogen-bond acceptors (Lipinski definition) is 4. The van der Waals surface area contributed by atoms with Gasteiger partial charge in [-0.3, -0.25) is 15.1 Å². The third kappa shape index (κ3) is 4.12. The van der Waals surface area contributed by atoms with E-state index in [9.17, 15) is 18.4 Å². The Morgan fingerprint density at radius 3 is 2.39 bits per heavy atom. The molecule has 1 aromatic heterocycles. The first-order chi connectivity index (χ1) is 13.5. The molecule has 0 unspecified atom stereocenters. The summed E-state index contributed by atoms with van der Waals surface area (Å²) in [5.74, 6) is -2.87. The van der Waals surface area contributed by atoms with Crippen molar-refractivity contribution in [3.05, 3.63) is 78.0 Å². The highest BCUT2D eigenvalue weighted by molar-refractivity contribution is 6.08. The zero-order valence-electron chi connectivity index (χ0n) is 14.7. The summed E-state index contributed by atoms with van der Waals surface area (Å²) in [4.78, 5) is 28.2. The fourth-order valence-electron chi connectivity index (χ4n) is 2.55. The third-order valence-corrected chi connectivity index (χ3v) is 3.82. The van der Waals surface area contributed by atoms with E-state index in [1.54, 1.807) is 30.5 Å². The Bertz CT molecular complexity index is 1010. The van der Waals surface area contributed by atoms with Crippen LogP contribution < -0.4 is 15.4 Å². The average molecular weight is 383 g/mol. The first-order valence-corrected chi connectivity index (χ1v) is 8.15. The summed E-state index contributed by atoms with van der Waals surface area (Å²) in [6.07, 6.45) is 1.64. The summed E-state index contributed by atoms with van der Waals surface area (Å²) < 4.78 is 32.6. The van der Waals surface area contributed by atoms with Gasteiger partial charge in [-0.2, -0.15) is 0 Å². The lowest BCUT2D eigenvalue weighted by molar-refractivity contribution is 0.0959. The van der Waals surface area contributed by atoms with Gasteiger partial charge in [0.15, 0.2) is 0 Å². The lowest BCUT2D eigenvalue weighted by Crippen LogP contribution is -2.35. The molecule has 0 saturated carbocycles. The smallest absolute Gasteiger partial charge is 0.326 e. The summed E-state index contributed by atoms with van der Waals surface area (Å²) >= 11 is 0. The molecular weight excluding hydrogens is 368 g/mol. The van der Waals surface area contributed by atoms with Crippen LogP contribution in [0.15, 0.2) is 60.8 Å². The van der Waals surface area contributed by atoms with E-state index in [2.05, 4.69) is 10.3 Å². The molecule has 0 aliphatic rings. The van der Waals surface area contributed by atoms with Gasteiger partial charge >= 0.3 is 6.03 Å². The van der Waals surface area contributed by atoms with E-state index >= 15 is 0 Å². The predicted molar refractivity (Wildman–Crippen MR) is 99.1 cm³/mol. The molecule has 0 saturated heterocycles. The van der Waals surface area contributed by atoms with Crippen molar-refractivity contribution in [3.63, 3.8) is 0 Å². The number of hydrogen-bond donors (Lipinski definition) is 2. The Hall–Kier alpha value is -3.81. The first kappa shape index (κ1) is 19.0. The highest BCUT2D eigenvalue weighted by Crippen LogP contribution is 2.31. The number of anilines is 1. The van der Waals surface area contributed by atoms with Gasteiger partial charge in [-0.25, -0.2) is 13.6 Å². The number of nitrogens with one attached hydrogen (secondary N) is 2. The topological polar surface area (TPSA) is 80.3 Å². The number of pyridine rings is 1. The number of rotatable bonds is 4. The van der Waals surface area contributed by atoms with Crippen LogP contribution in [0, 0.1) is 11.6 Å². The van der Waals surface area contributed by atoms with Crippen molar-refractivity contribution in [3.8, 4) is 17.0 Å². The third-order valence-electron chi connectivity index (χ3n) is 3.82. The summed E-state index contributed by atoms with van der Waals surface area (Å²) in [5, 5.41) is 4.31. The van der Waals surface area contributed by atoms with E-state index in [-0.39, 0.29) is 0 Å². The number of carbonyl (C=O) groups is 2. The molecule has 0 spiro atoms. The molecule has 2 aromatic carbocycles. The second kappa shape index (κ2) is 8.26. The molecular formula is C20H15F2N3O3. The summed E-state index contributed by atoms with van der Waals surface area (Å²) in [6, 6.07) is 12.3. The minimum absolute atomic E-state index is 0.316. The van der Waals surface area contributed by atoms with Gasteiger partial charge in [0.1, 0.15) is 22.9 Å². The van der Waals surface area contributed by atoms with Crippen LogP contribution in [0.25, 0.3) is 11.3 Å². The molecule has 0 bridgehead atoms. The van der Waals surface area contributed by atoms with Crippen LogP contribution in [0.4, 0.5) is 19.3 Å². The maximum Gasteiger partial charge on any atom is 0.326 e. The second-order valence-electron chi connectivity index (χ2n) is 5.63. The SMILES string of the molecule is COc1cc(NC(=O)NC(=O)c2c(F)cccc2F)ccc1-c1ccccn1. The molecule has 0 radical (unpaired) electrons. The fraction of sp³-hybridized carbons (Fsp3) is 0.0500. The zero-order chi connectivity index (χ0) is 20.1. The van der Waals surface area contributed by atoms with E-state index in [0.717, 1.165) is 18.2 Å². The molecule has 0 atom stereocenters. The molecule has 3 amide bonds. The minimum atomic E-state index is -1.19. The minimum Gasteiger partial charge on any atom is -0.496 e. The van der Waals surface area contributed by atoms with Crippen LogP contribution in [0.1, 0.15) is 10.4 Å². The second-order valence-corrected chi connectivity index (χ2v) is 5.63. The number of benzene rings is 2. The van der Waals surface area contributed by atoms with E-state index in [4.69, 9.17) is 4.74 Å². The molecule has 142 valence electrons. The Morgan fingerprint density at radius 1 is 1.00 bits per heavy atom. The van der Waals surface area contributed by atoms with Crippen LogP contribution in [0.3, 0.4) is 0 Å². The van der Waals surface area contributed by atoms with Crippen LogP contribution >= 0.6 is 0 Å². The van der Waals surface area contributed by atoms with Crippen molar-refractivity contribution in [2.24, 2.45) is 0 Å². The van der Waals surface area contributed by atoms with Crippen molar-refractivity contribution < 1.29 is 23.1 Å². The molecule has 6 nitrogen and oxygen atoms in total. The number of methoxy groups -OCH3 is 1. The van der Waals surface area contributed by atoms with Crippen molar-refractivity contribution in [2.75, 3.05) is 12.4 Å². The number of amides is 3. The van der Waals surface area contributed by atoms with Crippen LogP contribution in [-0.2, 0) is 0 Å². The van der Waals surface area contributed by atoms with E-state index in [1.807, 2.05) is 11.4 Å². The monoisotopic (exact) mass is 383 g/mol. The first-order valence-electron chi connectivity index (χ1n) is 8.15. The molecule has 2 N–H and O–H groups in total. The fourth-order valence-corrected chi connectivity index (χ4v) is 2.55. The number of aromatic nitrogens is 1. The van der Waals surface area contributed by atoms with Crippen LogP contribution in [-0.4, -0.2) is 24.0 Å². The van der Waals surface area contributed by atoms with E-state index in [1.165, 1.54) is 13.2 Å². The van der Waals surface area contributed by atoms with Gasteiger partial charge in [-0.15, -0.1) is 0 Å². The van der Waals surface area contributed by atoms with E-state index in [0.29, 0.717) is 22.7 Å². The number of imide groups is 1. The van der Waals surface area contributed by atoms with Gasteiger partial charge in [0.05, 0.1) is 12.8 Å². The number of ether oxygens (including phenoxy) is 1. The summed E-state index contributed by atoms with van der Waals surface area (Å²) in [5.41, 5.74) is 0.871. The quantitative estimate of drug-likeness (QED) is 0.714. The van der Waals surface area contributed by atoms with Gasteiger partial charge in [-0.05, 0) is 36.4 Å². The highest BCUT2D eigenvalue weighted by Gasteiger charge is 2.19. The van der Waals surface area contributed by atoms with Crippen molar-refractivity contribution in [1.82, 2.24) is 10.3 Å². The number of halogens is 2. The zero-order valence-corrected chi connectivity index (χ0v) is 14.7. The maximum atomic E-state index is 13.6. The molecule has 8 heteroatoms. The Kier molecular flexibility index (Phi) is 5.59. The normalized spacial score (nSPS) is 10.2. The molecule has 1 heterocycles. The summed E-state index contributed by atoms with van der Waals surface area (Å²) in [6.45, 7) is 0. The Labute approximate surface area is 159 Å². The molecule has 3 aromatic rings. The Morgan fingerprint density at radius 2 is 1.75 bits per heavy atom. The van der Waals surface area contributed by atoms with Crippen molar-refractivity contribution in [1.29, 1.82) is 0 Å². The van der Waals surface area contributed by atoms with Crippen molar-refractivity contribution >= 4 is 17.6 Å². The molecule has 3 rings (SSSR count). The highest BCUT2D eigenvalue weighted by atomic mass is 19.1. The van der Waals surface area contributed by atoms with Crippen LogP contribution in [0.5, 0.6) is 5.75 Å². The largest absolute Gasteiger partial charge is 0.496 e. The molecule has 0 fully saturated rings. The van der Waals surface area contributed by atoms with Crippen molar-refractivity contribution in [2.45, 2.75) is 0 Å². The summed E-state index contributed by atoms with van der Waals surface area (Å²) in [7, 11) is 1.47. The van der Waals surface area contributed by atoms with Gasteiger partial charge in [-0.1, -0.05) is 12.1 Å². The average Bonchev–Trinajstić information content (AvgIpc) is 2.68. The standard InChI is InChI=1S/C20H15F2N3O3/c1-28-17-11-12(8-9-13(17)16-7-2-3-10-23-16)24-20(27)25-19(26)18-14(21)5-4-6-15(18)22/h2-11H,1H3,(H2,24,25,26,27). The molecule has 28 heavy (non-hydrogen) atoms.